The molecule has 1 saturated heterocycles. The number of nitro benzene ring substituents is 1. The van der Waals surface area contributed by atoms with Gasteiger partial charge in [-0.15, -0.1) is 0 Å². The molecule has 1 aromatic heterocycles. The van der Waals surface area contributed by atoms with Crippen molar-refractivity contribution in [2.24, 2.45) is 0 Å². The van der Waals surface area contributed by atoms with Crippen LogP contribution in [0.15, 0.2) is 66.5 Å². The Morgan fingerprint density at radius 3 is 2.53 bits per heavy atom. The van der Waals surface area contributed by atoms with E-state index in [-0.39, 0.29) is 11.6 Å². The third-order valence-electron chi connectivity index (χ3n) is 6.97. The van der Waals surface area contributed by atoms with Gasteiger partial charge in [0.05, 0.1) is 4.92 Å². The van der Waals surface area contributed by atoms with Crippen molar-refractivity contribution in [1.82, 2.24) is 14.5 Å². The summed E-state index contributed by atoms with van der Waals surface area (Å²) in [7, 11) is 0. The van der Waals surface area contributed by atoms with Crippen molar-refractivity contribution >= 4 is 17.7 Å². The van der Waals surface area contributed by atoms with Crippen molar-refractivity contribution in [3.63, 3.8) is 0 Å². The van der Waals surface area contributed by atoms with Crippen LogP contribution in [0.2, 0.25) is 0 Å². The molecule has 7 nitrogen and oxygen atoms in total. The van der Waals surface area contributed by atoms with Crippen LogP contribution in [0.5, 0.6) is 0 Å². The zero-order chi connectivity index (χ0) is 25.7. The van der Waals surface area contributed by atoms with E-state index in [9.17, 15) is 14.9 Å². The lowest BCUT2D eigenvalue weighted by Gasteiger charge is -2.32. The Bertz CT molecular complexity index is 1240. The lowest BCUT2D eigenvalue weighted by atomic mass is 9.94. The maximum absolute atomic E-state index is 13.2. The number of amides is 1. The van der Waals surface area contributed by atoms with Gasteiger partial charge in [0, 0.05) is 55.7 Å². The molecule has 36 heavy (non-hydrogen) atoms. The summed E-state index contributed by atoms with van der Waals surface area (Å²) < 4.78 is 2.23. The third kappa shape index (κ3) is 5.90. The van der Waals surface area contributed by atoms with Gasteiger partial charge in [-0.25, -0.2) is 4.98 Å². The number of carbonyl (C=O) groups is 1. The van der Waals surface area contributed by atoms with Crippen LogP contribution in [0.25, 0.3) is 6.08 Å². The topological polar surface area (TPSA) is 81.3 Å². The smallest absolute Gasteiger partial charge is 0.270 e. The predicted octanol–water partition coefficient (Wildman–Crippen LogP) is 6.16. The molecule has 0 spiro atoms. The van der Waals surface area contributed by atoms with Gasteiger partial charge in [0.1, 0.15) is 5.82 Å². The average molecular weight is 487 g/mol. The van der Waals surface area contributed by atoms with Crippen molar-refractivity contribution < 1.29 is 9.72 Å². The molecule has 3 aromatic rings. The van der Waals surface area contributed by atoms with E-state index in [1.54, 1.807) is 18.2 Å². The lowest BCUT2D eigenvalue weighted by molar-refractivity contribution is -0.384. The highest BCUT2D eigenvalue weighted by atomic mass is 16.6. The van der Waals surface area contributed by atoms with Gasteiger partial charge in [0.25, 0.3) is 5.69 Å². The predicted molar refractivity (Wildman–Crippen MR) is 142 cm³/mol. The fraction of sp³-hybridized carbons (Fsp3) is 0.379. The minimum atomic E-state index is -0.417. The van der Waals surface area contributed by atoms with Gasteiger partial charge in [0.15, 0.2) is 0 Å². The third-order valence-corrected chi connectivity index (χ3v) is 6.97. The number of carbonyl (C=O) groups excluding carboxylic acids is 1. The second kappa shape index (κ2) is 11.3. The van der Waals surface area contributed by atoms with Crippen LogP contribution in [0.1, 0.15) is 74.4 Å². The van der Waals surface area contributed by atoms with Gasteiger partial charge >= 0.3 is 0 Å². The van der Waals surface area contributed by atoms with Crippen LogP contribution in [0.3, 0.4) is 0 Å². The van der Waals surface area contributed by atoms with Gasteiger partial charge in [-0.05, 0) is 47.9 Å². The maximum atomic E-state index is 13.2. The van der Waals surface area contributed by atoms with Crippen LogP contribution in [-0.4, -0.2) is 38.4 Å². The molecule has 1 aliphatic heterocycles. The zero-order valence-electron chi connectivity index (χ0n) is 21.3. The Hall–Kier alpha value is -3.74. The first-order valence-corrected chi connectivity index (χ1v) is 12.7. The van der Waals surface area contributed by atoms with E-state index >= 15 is 0 Å². The Morgan fingerprint density at radius 2 is 1.89 bits per heavy atom. The van der Waals surface area contributed by atoms with Crippen molar-refractivity contribution in [3.8, 4) is 0 Å². The number of rotatable bonds is 8. The number of hydrogen-bond acceptors (Lipinski definition) is 4. The SMILES string of the molecule is CCC(=Cc1cccc([N+](=O)[O-])c1)C(=O)N1CCC(c2nccn2Cc2ccc(C(C)C)cc2)CC1. The highest BCUT2D eigenvalue weighted by molar-refractivity contribution is 5.97. The van der Waals surface area contributed by atoms with E-state index in [4.69, 9.17) is 0 Å². The molecule has 0 saturated carbocycles. The Kier molecular flexibility index (Phi) is 7.98. The molecule has 0 unspecified atom stereocenters. The summed E-state index contributed by atoms with van der Waals surface area (Å²) in [5, 5.41) is 11.1. The summed E-state index contributed by atoms with van der Waals surface area (Å²) in [5.74, 6) is 1.92. The van der Waals surface area contributed by atoms with Crippen molar-refractivity contribution in [2.75, 3.05) is 13.1 Å². The molecule has 0 radical (unpaired) electrons. The van der Waals surface area contributed by atoms with Crippen molar-refractivity contribution in [2.45, 2.75) is 58.4 Å². The number of nitro groups is 1. The Morgan fingerprint density at radius 1 is 1.17 bits per heavy atom. The molecule has 0 aliphatic carbocycles. The van der Waals surface area contributed by atoms with Crippen LogP contribution < -0.4 is 0 Å². The van der Waals surface area contributed by atoms with Gasteiger partial charge in [0.2, 0.25) is 5.91 Å². The molecule has 2 aromatic carbocycles. The van der Waals surface area contributed by atoms with E-state index in [1.807, 2.05) is 24.2 Å². The monoisotopic (exact) mass is 486 g/mol. The van der Waals surface area contributed by atoms with E-state index in [1.165, 1.54) is 23.3 Å². The number of piperidine rings is 1. The van der Waals surface area contributed by atoms with Crippen LogP contribution >= 0.6 is 0 Å². The highest BCUT2D eigenvalue weighted by Gasteiger charge is 2.27. The molecule has 1 amide bonds. The van der Waals surface area contributed by atoms with Crippen LogP contribution in [0, 0.1) is 10.1 Å². The van der Waals surface area contributed by atoms with E-state index < -0.39 is 4.92 Å². The molecular weight excluding hydrogens is 452 g/mol. The summed E-state index contributed by atoms with van der Waals surface area (Å²) >= 11 is 0. The minimum absolute atomic E-state index is 0.0102. The molecule has 0 atom stereocenters. The standard InChI is InChI=1S/C29H34N4O3/c1-4-24(18-23-6-5-7-27(19-23)33(35)36)29(34)31-15-12-26(13-16-31)28-30-14-17-32(28)20-22-8-10-25(11-9-22)21(2)3/h5-11,14,17-19,21,26H,4,12-13,15-16,20H2,1-3H3. The molecule has 1 fully saturated rings. The molecule has 7 heteroatoms. The quantitative estimate of drug-likeness (QED) is 0.217. The van der Waals surface area contributed by atoms with Crippen LogP contribution in [-0.2, 0) is 11.3 Å². The molecule has 0 bridgehead atoms. The first kappa shape index (κ1) is 25.4. The molecule has 2 heterocycles. The number of nitrogens with zero attached hydrogens (tertiary/aromatic N) is 4. The largest absolute Gasteiger partial charge is 0.339 e. The second-order valence-electron chi connectivity index (χ2n) is 9.75. The fourth-order valence-corrected chi connectivity index (χ4v) is 4.81. The second-order valence-corrected chi connectivity index (χ2v) is 9.75. The number of hydrogen-bond donors (Lipinski definition) is 0. The van der Waals surface area contributed by atoms with Gasteiger partial charge < -0.3 is 9.47 Å². The summed E-state index contributed by atoms with van der Waals surface area (Å²) in [4.78, 5) is 30.5. The zero-order valence-corrected chi connectivity index (χ0v) is 21.3. The molecule has 1 aliphatic rings. The summed E-state index contributed by atoms with van der Waals surface area (Å²) in [5.41, 5.74) is 3.96. The Balaban J connectivity index is 1.40. The van der Waals surface area contributed by atoms with Crippen molar-refractivity contribution in [1.29, 1.82) is 0 Å². The van der Waals surface area contributed by atoms with E-state index in [0.29, 0.717) is 42.5 Å². The first-order valence-electron chi connectivity index (χ1n) is 12.7. The fourth-order valence-electron chi connectivity index (χ4n) is 4.81. The minimum Gasteiger partial charge on any atom is -0.339 e. The van der Waals surface area contributed by atoms with Crippen LogP contribution in [0.4, 0.5) is 5.69 Å². The molecular formula is C29H34N4O3. The van der Waals surface area contributed by atoms with E-state index in [0.717, 1.165) is 25.2 Å². The van der Waals surface area contributed by atoms with Gasteiger partial charge in [-0.1, -0.05) is 57.2 Å². The first-order chi connectivity index (χ1) is 17.4. The summed E-state index contributed by atoms with van der Waals surface area (Å²) in [6.07, 6.45) is 7.98. The van der Waals surface area contributed by atoms with Gasteiger partial charge in [-0.3, -0.25) is 14.9 Å². The number of likely N-dealkylation sites (tertiary alicyclic amines) is 1. The summed E-state index contributed by atoms with van der Waals surface area (Å²) in [6.45, 7) is 8.48. The number of imidazole rings is 1. The van der Waals surface area contributed by atoms with E-state index in [2.05, 4.69) is 47.7 Å². The normalized spacial score (nSPS) is 14.9. The lowest BCUT2D eigenvalue weighted by Crippen LogP contribution is -2.39. The molecule has 0 N–H and O–H groups in total. The number of aromatic nitrogens is 2. The highest BCUT2D eigenvalue weighted by Crippen LogP contribution is 2.29. The van der Waals surface area contributed by atoms with Crippen molar-refractivity contribution in [3.05, 3.63) is 99.1 Å². The van der Waals surface area contributed by atoms with Gasteiger partial charge in [-0.2, -0.15) is 0 Å². The Labute approximate surface area is 212 Å². The number of non-ortho nitro benzene ring substituents is 1. The number of benzene rings is 2. The summed E-state index contributed by atoms with van der Waals surface area (Å²) in [6, 6.07) is 15.2. The molecule has 188 valence electrons. The average Bonchev–Trinajstić information content (AvgIpc) is 3.35. The maximum Gasteiger partial charge on any atom is 0.270 e. The molecule has 4 rings (SSSR count).